The standard InChI is InChI=1S/C24H25ClN4O3/c1-4-15-10-14(23-26-18-9-13(2)5-6-21(18)32-23)7-8-29(15)22-16-11-17(25)20(30)12-19(16)28(3)24(31)27-22/h5-6,9,11-12,14-15,30H,4,7-8,10H2,1-3H3. The number of rotatable bonds is 3. The van der Waals surface area contributed by atoms with Gasteiger partial charge in [0.2, 0.25) is 0 Å². The number of aromatic nitrogens is 3. The number of anilines is 1. The Morgan fingerprint density at radius 1 is 1.25 bits per heavy atom. The molecule has 0 saturated carbocycles. The average molecular weight is 453 g/mol. The van der Waals surface area contributed by atoms with Crippen molar-refractivity contribution in [1.82, 2.24) is 14.5 Å². The van der Waals surface area contributed by atoms with Gasteiger partial charge in [-0.2, -0.15) is 4.98 Å². The van der Waals surface area contributed by atoms with Crippen LogP contribution in [0.15, 0.2) is 39.5 Å². The Kier molecular flexibility index (Phi) is 5.08. The second kappa shape index (κ2) is 7.81. The molecule has 2 unspecified atom stereocenters. The molecule has 1 saturated heterocycles. The summed E-state index contributed by atoms with van der Waals surface area (Å²) in [4.78, 5) is 23.9. The van der Waals surface area contributed by atoms with Gasteiger partial charge in [0.1, 0.15) is 17.1 Å². The molecule has 0 aliphatic carbocycles. The van der Waals surface area contributed by atoms with Gasteiger partial charge in [-0.25, -0.2) is 9.78 Å². The average Bonchev–Trinajstić information content (AvgIpc) is 3.20. The van der Waals surface area contributed by atoms with Crippen molar-refractivity contribution >= 4 is 39.4 Å². The second-order valence-corrected chi connectivity index (χ2v) is 9.01. The molecule has 5 rings (SSSR count). The molecule has 1 fully saturated rings. The molecule has 7 nitrogen and oxygen atoms in total. The number of aromatic hydroxyl groups is 1. The van der Waals surface area contributed by atoms with Crippen molar-refractivity contribution < 1.29 is 9.52 Å². The lowest BCUT2D eigenvalue weighted by Gasteiger charge is -2.39. The lowest BCUT2D eigenvalue weighted by Crippen LogP contribution is -2.43. The Hall–Kier alpha value is -3.06. The van der Waals surface area contributed by atoms with E-state index in [-0.39, 0.29) is 28.4 Å². The van der Waals surface area contributed by atoms with E-state index in [1.807, 2.05) is 25.1 Å². The third kappa shape index (κ3) is 3.41. The van der Waals surface area contributed by atoms with Crippen LogP contribution < -0.4 is 10.6 Å². The lowest BCUT2D eigenvalue weighted by atomic mass is 9.89. The summed E-state index contributed by atoms with van der Waals surface area (Å²) in [6.07, 6.45) is 2.58. The minimum absolute atomic E-state index is 0.0525. The molecule has 0 radical (unpaired) electrons. The topological polar surface area (TPSA) is 84.4 Å². The smallest absolute Gasteiger partial charge is 0.349 e. The summed E-state index contributed by atoms with van der Waals surface area (Å²) in [5.41, 5.74) is 3.11. The van der Waals surface area contributed by atoms with E-state index in [9.17, 15) is 9.90 Å². The van der Waals surface area contributed by atoms with Crippen LogP contribution in [-0.2, 0) is 7.05 Å². The monoisotopic (exact) mass is 452 g/mol. The van der Waals surface area contributed by atoms with Crippen molar-refractivity contribution in [2.24, 2.45) is 7.05 Å². The number of halogens is 1. The summed E-state index contributed by atoms with van der Waals surface area (Å²) in [5.74, 6) is 1.54. The Morgan fingerprint density at radius 3 is 2.84 bits per heavy atom. The van der Waals surface area contributed by atoms with Gasteiger partial charge in [-0.3, -0.25) is 4.57 Å². The highest BCUT2D eigenvalue weighted by atomic mass is 35.5. The zero-order valence-electron chi connectivity index (χ0n) is 18.3. The van der Waals surface area contributed by atoms with E-state index >= 15 is 0 Å². The number of piperidine rings is 1. The number of benzene rings is 2. The summed E-state index contributed by atoms with van der Waals surface area (Å²) in [7, 11) is 1.65. The molecule has 1 N–H and O–H groups in total. The van der Waals surface area contributed by atoms with Gasteiger partial charge in [0.05, 0.1) is 10.5 Å². The summed E-state index contributed by atoms with van der Waals surface area (Å²) >= 11 is 6.21. The predicted octanol–water partition coefficient (Wildman–Crippen LogP) is 4.90. The fraction of sp³-hybridized carbons (Fsp3) is 0.375. The largest absolute Gasteiger partial charge is 0.506 e. The van der Waals surface area contributed by atoms with E-state index in [0.29, 0.717) is 17.9 Å². The van der Waals surface area contributed by atoms with Gasteiger partial charge in [-0.15, -0.1) is 0 Å². The number of hydrogen-bond donors (Lipinski definition) is 1. The first-order valence-electron chi connectivity index (χ1n) is 10.9. The number of hydrogen-bond acceptors (Lipinski definition) is 6. The normalized spacial score (nSPS) is 19.2. The van der Waals surface area contributed by atoms with Crippen molar-refractivity contribution in [1.29, 1.82) is 0 Å². The third-order valence-electron chi connectivity index (χ3n) is 6.52. The first-order valence-corrected chi connectivity index (χ1v) is 11.3. The van der Waals surface area contributed by atoms with E-state index in [4.69, 9.17) is 21.0 Å². The van der Waals surface area contributed by atoms with Crippen molar-refractivity contribution in [3.63, 3.8) is 0 Å². The van der Waals surface area contributed by atoms with Crippen LogP contribution in [0, 0.1) is 6.92 Å². The maximum atomic E-state index is 12.6. The summed E-state index contributed by atoms with van der Waals surface area (Å²) in [5, 5.41) is 11.1. The zero-order chi connectivity index (χ0) is 22.6. The Morgan fingerprint density at radius 2 is 2.06 bits per heavy atom. The van der Waals surface area contributed by atoms with Crippen LogP contribution in [0.25, 0.3) is 22.0 Å². The van der Waals surface area contributed by atoms with Crippen LogP contribution in [0.4, 0.5) is 5.82 Å². The lowest BCUT2D eigenvalue weighted by molar-refractivity contribution is 0.351. The maximum Gasteiger partial charge on any atom is 0.349 e. The minimum atomic E-state index is -0.361. The number of phenolic OH excluding ortho intramolecular Hbond substituents is 1. The van der Waals surface area contributed by atoms with E-state index < -0.39 is 0 Å². The molecule has 0 spiro atoms. The SMILES string of the molecule is CCC1CC(c2nc3cc(C)ccc3o2)CCN1c1nc(=O)n(C)c2cc(O)c(Cl)cc12. The van der Waals surface area contributed by atoms with E-state index in [1.165, 1.54) is 10.6 Å². The number of nitrogens with zero attached hydrogens (tertiary/aromatic N) is 4. The molecule has 1 aliphatic rings. The molecule has 32 heavy (non-hydrogen) atoms. The highest BCUT2D eigenvalue weighted by Gasteiger charge is 2.33. The molecule has 0 bridgehead atoms. The molecule has 166 valence electrons. The number of phenols is 1. The van der Waals surface area contributed by atoms with Crippen molar-refractivity contribution in [3.8, 4) is 5.75 Å². The van der Waals surface area contributed by atoms with E-state index in [2.05, 4.69) is 16.8 Å². The minimum Gasteiger partial charge on any atom is -0.506 e. The van der Waals surface area contributed by atoms with Gasteiger partial charge in [0.25, 0.3) is 0 Å². The Bertz CT molecular complexity index is 1390. The number of fused-ring (bicyclic) bond motifs is 2. The van der Waals surface area contributed by atoms with Gasteiger partial charge in [0.15, 0.2) is 11.5 Å². The molecular weight excluding hydrogens is 428 g/mol. The van der Waals surface area contributed by atoms with E-state index in [1.54, 1.807) is 13.1 Å². The quantitative estimate of drug-likeness (QED) is 0.475. The first-order chi connectivity index (χ1) is 15.4. The van der Waals surface area contributed by atoms with Gasteiger partial charge in [-0.1, -0.05) is 24.6 Å². The molecule has 2 aromatic carbocycles. The zero-order valence-corrected chi connectivity index (χ0v) is 19.1. The van der Waals surface area contributed by atoms with Crippen LogP contribution in [0.5, 0.6) is 5.75 Å². The van der Waals surface area contributed by atoms with Crippen LogP contribution >= 0.6 is 11.6 Å². The van der Waals surface area contributed by atoms with Crippen LogP contribution in [0.3, 0.4) is 0 Å². The van der Waals surface area contributed by atoms with Gasteiger partial charge < -0.3 is 14.4 Å². The number of oxazole rings is 1. The maximum absolute atomic E-state index is 12.6. The summed E-state index contributed by atoms with van der Waals surface area (Å²) in [6, 6.07) is 9.44. The van der Waals surface area contributed by atoms with Crippen molar-refractivity contribution in [3.05, 3.63) is 57.3 Å². The fourth-order valence-electron chi connectivity index (χ4n) is 4.73. The van der Waals surface area contributed by atoms with Crippen molar-refractivity contribution in [2.45, 2.75) is 45.1 Å². The van der Waals surface area contributed by atoms with Gasteiger partial charge in [-0.05, 0) is 49.9 Å². The molecule has 0 amide bonds. The van der Waals surface area contributed by atoms with Crippen LogP contribution in [0.1, 0.15) is 43.6 Å². The fourth-order valence-corrected chi connectivity index (χ4v) is 4.89. The highest BCUT2D eigenvalue weighted by Crippen LogP contribution is 2.39. The highest BCUT2D eigenvalue weighted by molar-refractivity contribution is 6.33. The molecule has 1 aliphatic heterocycles. The van der Waals surface area contributed by atoms with Crippen LogP contribution in [-0.4, -0.2) is 32.2 Å². The first kappa shape index (κ1) is 20.8. The molecule has 4 aromatic rings. The summed E-state index contributed by atoms with van der Waals surface area (Å²) < 4.78 is 7.52. The van der Waals surface area contributed by atoms with Gasteiger partial charge in [0, 0.05) is 37.0 Å². The molecular formula is C24H25ClN4O3. The molecule has 2 atom stereocenters. The second-order valence-electron chi connectivity index (χ2n) is 8.60. The van der Waals surface area contributed by atoms with Gasteiger partial charge >= 0.3 is 5.69 Å². The Labute approximate surface area is 190 Å². The molecule has 2 aromatic heterocycles. The third-order valence-corrected chi connectivity index (χ3v) is 6.83. The summed E-state index contributed by atoms with van der Waals surface area (Å²) in [6.45, 7) is 4.90. The predicted molar refractivity (Wildman–Crippen MR) is 126 cm³/mol. The van der Waals surface area contributed by atoms with Crippen molar-refractivity contribution in [2.75, 3.05) is 11.4 Å². The molecule has 3 heterocycles. The molecule has 8 heteroatoms. The number of aryl methyl sites for hydroxylation is 2. The Balaban J connectivity index is 1.52. The van der Waals surface area contributed by atoms with Crippen LogP contribution in [0.2, 0.25) is 5.02 Å². The van der Waals surface area contributed by atoms with E-state index in [0.717, 1.165) is 47.2 Å².